The van der Waals surface area contributed by atoms with Gasteiger partial charge in [-0.15, -0.1) is 0 Å². The molecule has 25 heavy (non-hydrogen) atoms. The number of hydrogen-bond acceptors (Lipinski definition) is 5. The molecular weight excluding hydrogens is 332 g/mol. The molecule has 134 valence electrons. The Labute approximate surface area is 144 Å². The Bertz CT molecular complexity index is 712. The average Bonchev–Trinajstić information content (AvgIpc) is 2.59. The molecular formula is C16H19F2N5O2. The molecule has 2 aromatic rings. The Morgan fingerprint density at radius 3 is 2.84 bits per heavy atom. The Balaban J connectivity index is 1.88. The van der Waals surface area contributed by atoms with Gasteiger partial charge in [0.25, 0.3) is 6.43 Å². The molecule has 2 rings (SSSR count). The van der Waals surface area contributed by atoms with Gasteiger partial charge in [-0.3, -0.25) is 5.32 Å². The largest absolute Gasteiger partial charge is 0.472 e. The second-order valence-electron chi connectivity index (χ2n) is 5.29. The van der Waals surface area contributed by atoms with Crippen LogP contribution in [-0.4, -0.2) is 43.1 Å². The monoisotopic (exact) mass is 351 g/mol. The van der Waals surface area contributed by atoms with E-state index in [4.69, 9.17) is 4.74 Å². The van der Waals surface area contributed by atoms with Crippen molar-refractivity contribution in [1.29, 1.82) is 0 Å². The maximum Gasteiger partial charge on any atom is 0.320 e. The van der Waals surface area contributed by atoms with E-state index in [1.807, 2.05) is 25.1 Å². The van der Waals surface area contributed by atoms with Crippen molar-refractivity contribution in [2.24, 2.45) is 0 Å². The zero-order valence-electron chi connectivity index (χ0n) is 13.9. The fourth-order valence-electron chi connectivity index (χ4n) is 1.87. The lowest BCUT2D eigenvalue weighted by Gasteiger charge is -2.13. The highest BCUT2D eigenvalue weighted by molar-refractivity contribution is 5.88. The lowest BCUT2D eigenvalue weighted by atomic mass is 10.2. The van der Waals surface area contributed by atoms with Gasteiger partial charge in [0, 0.05) is 32.9 Å². The molecule has 2 aromatic heterocycles. The highest BCUT2D eigenvalue weighted by Crippen LogP contribution is 2.13. The summed E-state index contributed by atoms with van der Waals surface area (Å²) in [5, 5.41) is 5.21. The highest BCUT2D eigenvalue weighted by atomic mass is 19.3. The number of ether oxygens (including phenoxy) is 1. The van der Waals surface area contributed by atoms with Crippen LogP contribution in [0.1, 0.15) is 5.56 Å². The summed E-state index contributed by atoms with van der Waals surface area (Å²) >= 11 is 0. The third kappa shape index (κ3) is 6.21. The van der Waals surface area contributed by atoms with Crippen LogP contribution in [0.15, 0.2) is 36.5 Å². The number of amides is 2. The van der Waals surface area contributed by atoms with Crippen molar-refractivity contribution in [3.8, 4) is 5.88 Å². The molecule has 0 saturated carbocycles. The first-order valence-corrected chi connectivity index (χ1v) is 7.49. The number of urea groups is 1. The van der Waals surface area contributed by atoms with Gasteiger partial charge in [0.15, 0.2) is 6.61 Å². The number of nitrogens with one attached hydrogen (secondary N) is 2. The van der Waals surface area contributed by atoms with Crippen LogP contribution < -0.4 is 20.3 Å². The average molecular weight is 351 g/mol. The van der Waals surface area contributed by atoms with Gasteiger partial charge in [-0.1, -0.05) is 6.07 Å². The number of pyridine rings is 2. The van der Waals surface area contributed by atoms with Crippen molar-refractivity contribution in [3.05, 3.63) is 42.1 Å². The number of carbonyl (C=O) groups is 1. The van der Waals surface area contributed by atoms with Crippen molar-refractivity contribution >= 4 is 17.7 Å². The molecule has 0 unspecified atom stereocenters. The first-order valence-electron chi connectivity index (χ1n) is 7.49. The SMILES string of the molecule is CN(C)c1cc(CNC(=O)Nc2cccc(OCC(F)F)n2)ccn1. The number of hydrogen-bond donors (Lipinski definition) is 2. The van der Waals surface area contributed by atoms with E-state index < -0.39 is 19.1 Å². The van der Waals surface area contributed by atoms with Gasteiger partial charge in [-0.05, 0) is 23.8 Å². The Morgan fingerprint density at radius 2 is 2.12 bits per heavy atom. The van der Waals surface area contributed by atoms with E-state index in [2.05, 4.69) is 20.6 Å². The quantitative estimate of drug-likeness (QED) is 0.801. The lowest BCUT2D eigenvalue weighted by molar-refractivity contribution is 0.0796. The Hall–Kier alpha value is -2.97. The highest BCUT2D eigenvalue weighted by Gasteiger charge is 2.07. The molecule has 0 aliphatic heterocycles. The molecule has 0 aromatic carbocycles. The van der Waals surface area contributed by atoms with E-state index in [1.54, 1.807) is 18.3 Å². The molecule has 0 radical (unpaired) electrons. The summed E-state index contributed by atoms with van der Waals surface area (Å²) in [7, 11) is 3.75. The van der Waals surface area contributed by atoms with Crippen LogP contribution in [-0.2, 0) is 6.54 Å². The molecule has 2 heterocycles. The molecule has 0 aliphatic carbocycles. The number of halogens is 2. The van der Waals surface area contributed by atoms with Crippen LogP contribution in [0, 0.1) is 0 Å². The van der Waals surface area contributed by atoms with Crippen molar-refractivity contribution in [2.45, 2.75) is 13.0 Å². The van der Waals surface area contributed by atoms with E-state index in [0.29, 0.717) is 6.54 Å². The van der Waals surface area contributed by atoms with Gasteiger partial charge in [0.05, 0.1) is 0 Å². The van der Waals surface area contributed by atoms with E-state index in [-0.39, 0.29) is 11.7 Å². The van der Waals surface area contributed by atoms with E-state index in [0.717, 1.165) is 11.4 Å². The topological polar surface area (TPSA) is 79.4 Å². The molecule has 0 bridgehead atoms. The number of aromatic nitrogens is 2. The van der Waals surface area contributed by atoms with Crippen LogP contribution >= 0.6 is 0 Å². The maximum absolute atomic E-state index is 12.1. The number of alkyl halides is 2. The molecule has 2 N–H and O–H groups in total. The minimum atomic E-state index is -2.59. The van der Waals surface area contributed by atoms with Gasteiger partial charge < -0.3 is 15.0 Å². The van der Waals surface area contributed by atoms with Crippen molar-refractivity contribution < 1.29 is 18.3 Å². The van der Waals surface area contributed by atoms with Gasteiger partial charge in [0.1, 0.15) is 11.6 Å². The fourth-order valence-corrected chi connectivity index (χ4v) is 1.87. The van der Waals surface area contributed by atoms with E-state index in [9.17, 15) is 13.6 Å². The van der Waals surface area contributed by atoms with Gasteiger partial charge >= 0.3 is 6.03 Å². The zero-order valence-corrected chi connectivity index (χ0v) is 13.9. The molecule has 2 amide bonds. The first kappa shape index (κ1) is 18.4. The predicted octanol–water partition coefficient (Wildman–Crippen LogP) is 2.51. The van der Waals surface area contributed by atoms with E-state index >= 15 is 0 Å². The maximum atomic E-state index is 12.1. The number of nitrogens with zero attached hydrogens (tertiary/aromatic N) is 3. The number of rotatable bonds is 7. The third-order valence-corrected chi connectivity index (χ3v) is 3.04. The van der Waals surface area contributed by atoms with Gasteiger partial charge in [0.2, 0.25) is 5.88 Å². The van der Waals surface area contributed by atoms with E-state index in [1.165, 1.54) is 12.1 Å². The van der Waals surface area contributed by atoms with Crippen molar-refractivity contribution in [3.63, 3.8) is 0 Å². The van der Waals surface area contributed by atoms with Crippen molar-refractivity contribution in [2.75, 3.05) is 30.9 Å². The zero-order chi connectivity index (χ0) is 18.2. The van der Waals surface area contributed by atoms with Gasteiger partial charge in [-0.2, -0.15) is 4.98 Å². The summed E-state index contributed by atoms with van der Waals surface area (Å²) in [6.45, 7) is -0.449. The third-order valence-electron chi connectivity index (χ3n) is 3.04. The molecule has 0 spiro atoms. The van der Waals surface area contributed by atoms with Crippen LogP contribution in [0.25, 0.3) is 0 Å². The Kier molecular flexibility index (Phi) is 6.44. The Morgan fingerprint density at radius 1 is 1.32 bits per heavy atom. The van der Waals surface area contributed by atoms with Crippen LogP contribution in [0.5, 0.6) is 5.88 Å². The summed E-state index contributed by atoms with van der Waals surface area (Å²) < 4.78 is 29.1. The standard InChI is InChI=1S/C16H19F2N5O2/c1-23(2)14-8-11(6-7-19-14)9-20-16(24)22-13-4-3-5-15(21-13)25-10-12(17)18/h3-8,12H,9-10H2,1-2H3,(H2,20,21,22,24). The lowest BCUT2D eigenvalue weighted by Crippen LogP contribution is -2.28. The fraction of sp³-hybridized carbons (Fsp3) is 0.312. The van der Waals surface area contributed by atoms with Crippen LogP contribution in [0.4, 0.5) is 25.2 Å². The molecule has 9 heteroatoms. The summed E-state index contributed by atoms with van der Waals surface area (Å²) in [6, 6.07) is 7.70. The first-order chi connectivity index (χ1) is 11.9. The summed E-state index contributed by atoms with van der Waals surface area (Å²) in [5.41, 5.74) is 0.885. The second-order valence-corrected chi connectivity index (χ2v) is 5.29. The van der Waals surface area contributed by atoms with Gasteiger partial charge in [-0.25, -0.2) is 18.6 Å². The summed E-state index contributed by atoms with van der Waals surface area (Å²) in [4.78, 5) is 21.9. The molecule has 7 nitrogen and oxygen atoms in total. The summed E-state index contributed by atoms with van der Waals surface area (Å²) in [6.07, 6.45) is -0.926. The smallest absolute Gasteiger partial charge is 0.320 e. The van der Waals surface area contributed by atoms with Crippen LogP contribution in [0.3, 0.4) is 0 Å². The normalized spacial score (nSPS) is 10.4. The molecule has 0 saturated heterocycles. The predicted molar refractivity (Wildman–Crippen MR) is 90.2 cm³/mol. The molecule has 0 fully saturated rings. The minimum Gasteiger partial charge on any atom is -0.472 e. The minimum absolute atomic E-state index is 0.0165. The van der Waals surface area contributed by atoms with Crippen molar-refractivity contribution in [1.82, 2.24) is 15.3 Å². The summed E-state index contributed by atoms with van der Waals surface area (Å²) in [5.74, 6) is 1.00. The molecule has 0 aliphatic rings. The second kappa shape index (κ2) is 8.76. The molecule has 0 atom stereocenters. The number of carbonyl (C=O) groups excluding carboxylic acids is 1. The van der Waals surface area contributed by atoms with Crippen LogP contribution in [0.2, 0.25) is 0 Å². The number of anilines is 2.